The van der Waals surface area contributed by atoms with Crippen molar-refractivity contribution in [3.63, 3.8) is 0 Å². The predicted molar refractivity (Wildman–Crippen MR) is 89.9 cm³/mol. The first-order valence-corrected chi connectivity index (χ1v) is 7.25. The molecule has 0 aliphatic rings. The minimum Gasteiger partial charge on any atom is -0.493 e. The van der Waals surface area contributed by atoms with E-state index in [9.17, 15) is 0 Å². The molecule has 0 radical (unpaired) electrons. The molecule has 0 bridgehead atoms. The number of hydrogen-bond donors (Lipinski definition) is 1. The molecular weight excluding hydrogens is 290 g/mol. The molecule has 5 heteroatoms. The van der Waals surface area contributed by atoms with Crippen molar-refractivity contribution in [3.8, 4) is 22.8 Å². The number of nitrogens with one attached hydrogen (secondary N) is 1. The molecule has 114 valence electrons. The Morgan fingerprint density at radius 2 is 1.70 bits per heavy atom. The van der Waals surface area contributed by atoms with Gasteiger partial charge in [-0.15, -0.1) is 0 Å². The molecule has 23 heavy (non-hydrogen) atoms. The summed E-state index contributed by atoms with van der Waals surface area (Å²) in [6.07, 6.45) is 3.55. The molecule has 2 aromatic heterocycles. The van der Waals surface area contributed by atoms with Crippen LogP contribution in [0.1, 0.15) is 0 Å². The third-order valence-corrected chi connectivity index (χ3v) is 3.99. The highest BCUT2D eigenvalue weighted by Crippen LogP contribution is 2.37. The number of methoxy groups -OCH3 is 2. The van der Waals surface area contributed by atoms with Gasteiger partial charge in [-0.1, -0.05) is 18.2 Å². The first-order valence-electron chi connectivity index (χ1n) is 7.25. The van der Waals surface area contributed by atoms with Crippen LogP contribution in [0.5, 0.6) is 11.5 Å². The van der Waals surface area contributed by atoms with E-state index in [-0.39, 0.29) is 0 Å². The lowest BCUT2D eigenvalue weighted by molar-refractivity contribution is 0.356. The maximum atomic E-state index is 5.42. The third kappa shape index (κ3) is 2.09. The quantitative estimate of drug-likeness (QED) is 0.625. The second-order valence-electron chi connectivity index (χ2n) is 5.19. The van der Waals surface area contributed by atoms with E-state index < -0.39 is 0 Å². The molecule has 0 aliphatic carbocycles. The number of benzene rings is 2. The van der Waals surface area contributed by atoms with Crippen molar-refractivity contribution in [2.24, 2.45) is 0 Å². The molecule has 0 spiro atoms. The molecule has 5 nitrogen and oxygen atoms in total. The van der Waals surface area contributed by atoms with Crippen molar-refractivity contribution in [1.82, 2.24) is 15.0 Å². The fraction of sp³-hybridized carbons (Fsp3) is 0.111. The predicted octanol–water partition coefficient (Wildman–Crippen LogP) is 3.80. The number of aromatic amines is 1. The fourth-order valence-corrected chi connectivity index (χ4v) is 2.87. The second-order valence-corrected chi connectivity index (χ2v) is 5.19. The number of aromatic nitrogens is 3. The van der Waals surface area contributed by atoms with Crippen LogP contribution in [0.3, 0.4) is 0 Å². The first kappa shape index (κ1) is 13.6. The average molecular weight is 305 g/mol. The van der Waals surface area contributed by atoms with Crippen molar-refractivity contribution < 1.29 is 9.47 Å². The van der Waals surface area contributed by atoms with E-state index in [1.54, 1.807) is 20.5 Å². The van der Waals surface area contributed by atoms with Crippen molar-refractivity contribution >= 4 is 21.8 Å². The summed E-state index contributed by atoms with van der Waals surface area (Å²) in [5.74, 6) is 1.32. The normalized spacial score (nSPS) is 11.0. The Labute approximate surface area is 132 Å². The highest BCUT2D eigenvalue weighted by molar-refractivity contribution is 6.03. The molecule has 4 rings (SSSR count). The molecule has 2 heterocycles. The van der Waals surface area contributed by atoms with E-state index in [0.717, 1.165) is 33.1 Å². The van der Waals surface area contributed by atoms with Gasteiger partial charge in [0.2, 0.25) is 0 Å². The molecule has 0 saturated carbocycles. The average Bonchev–Trinajstić information content (AvgIpc) is 3.03. The zero-order valence-corrected chi connectivity index (χ0v) is 12.8. The zero-order valence-electron chi connectivity index (χ0n) is 12.8. The van der Waals surface area contributed by atoms with Crippen LogP contribution < -0.4 is 9.47 Å². The van der Waals surface area contributed by atoms with Gasteiger partial charge in [0.15, 0.2) is 11.5 Å². The molecule has 0 amide bonds. The number of para-hydroxylation sites is 1. The van der Waals surface area contributed by atoms with Crippen LogP contribution in [-0.4, -0.2) is 29.2 Å². The summed E-state index contributed by atoms with van der Waals surface area (Å²) in [5.41, 5.74) is 3.81. The van der Waals surface area contributed by atoms with Crippen molar-refractivity contribution in [2.45, 2.75) is 0 Å². The summed E-state index contributed by atoms with van der Waals surface area (Å²) >= 11 is 0. The van der Waals surface area contributed by atoms with Crippen LogP contribution >= 0.6 is 0 Å². The van der Waals surface area contributed by atoms with Gasteiger partial charge in [0.25, 0.3) is 0 Å². The number of hydrogen-bond acceptors (Lipinski definition) is 4. The van der Waals surface area contributed by atoms with E-state index >= 15 is 0 Å². The van der Waals surface area contributed by atoms with Gasteiger partial charge in [-0.3, -0.25) is 0 Å². The number of ether oxygens (including phenoxy) is 2. The molecule has 4 aromatic rings. The highest BCUT2D eigenvalue weighted by Gasteiger charge is 2.14. The second kappa shape index (κ2) is 5.28. The SMILES string of the molecule is COc1cc2ncnc(-c3c[nH]c4ccccc34)c2cc1OC. The molecule has 1 N–H and O–H groups in total. The highest BCUT2D eigenvalue weighted by atomic mass is 16.5. The zero-order chi connectivity index (χ0) is 15.8. The molecular formula is C18H15N3O2. The van der Waals surface area contributed by atoms with Gasteiger partial charge >= 0.3 is 0 Å². The van der Waals surface area contributed by atoms with Crippen LogP contribution in [0, 0.1) is 0 Å². The van der Waals surface area contributed by atoms with Gasteiger partial charge < -0.3 is 14.5 Å². The summed E-state index contributed by atoms with van der Waals surface area (Å²) in [6.45, 7) is 0. The van der Waals surface area contributed by atoms with Crippen LogP contribution in [0.4, 0.5) is 0 Å². The van der Waals surface area contributed by atoms with Gasteiger partial charge in [-0.25, -0.2) is 9.97 Å². The van der Waals surface area contributed by atoms with Crippen molar-refractivity contribution in [1.29, 1.82) is 0 Å². The van der Waals surface area contributed by atoms with Gasteiger partial charge in [0.05, 0.1) is 25.4 Å². The summed E-state index contributed by atoms with van der Waals surface area (Å²) < 4.78 is 10.8. The summed E-state index contributed by atoms with van der Waals surface area (Å²) in [5, 5.41) is 2.05. The molecule has 0 unspecified atom stereocenters. The Balaban J connectivity index is 2.03. The van der Waals surface area contributed by atoms with Crippen LogP contribution in [0.15, 0.2) is 48.9 Å². The summed E-state index contributed by atoms with van der Waals surface area (Å²) in [7, 11) is 3.24. The van der Waals surface area contributed by atoms with Gasteiger partial charge in [0.1, 0.15) is 6.33 Å². The Hall–Kier alpha value is -3.08. The van der Waals surface area contributed by atoms with E-state index in [1.165, 1.54) is 0 Å². The van der Waals surface area contributed by atoms with Gasteiger partial charge in [-0.2, -0.15) is 0 Å². The molecule has 2 aromatic carbocycles. The number of fused-ring (bicyclic) bond motifs is 2. The lowest BCUT2D eigenvalue weighted by Crippen LogP contribution is -1.94. The summed E-state index contributed by atoms with van der Waals surface area (Å²) in [6, 6.07) is 11.9. The Kier molecular flexibility index (Phi) is 3.12. The Bertz CT molecular complexity index is 1010. The number of H-pyrrole nitrogens is 1. The molecule has 0 saturated heterocycles. The molecule has 0 atom stereocenters. The van der Waals surface area contributed by atoms with E-state index in [2.05, 4.69) is 21.0 Å². The first-order chi connectivity index (χ1) is 11.3. The standard InChI is InChI=1S/C18H15N3O2/c1-22-16-7-12-15(8-17(16)23-2)20-10-21-18(12)13-9-19-14-6-4-3-5-11(13)14/h3-10,19H,1-2H3. The maximum absolute atomic E-state index is 5.42. The van der Waals surface area contributed by atoms with Crippen LogP contribution in [0.25, 0.3) is 33.1 Å². The van der Waals surface area contributed by atoms with E-state index in [1.807, 2.05) is 36.5 Å². The third-order valence-electron chi connectivity index (χ3n) is 3.99. The van der Waals surface area contributed by atoms with Gasteiger partial charge in [-0.05, 0) is 12.1 Å². The lowest BCUT2D eigenvalue weighted by Gasteiger charge is -2.10. The maximum Gasteiger partial charge on any atom is 0.162 e. The van der Waals surface area contributed by atoms with Crippen LogP contribution in [-0.2, 0) is 0 Å². The van der Waals surface area contributed by atoms with E-state index in [4.69, 9.17) is 9.47 Å². The monoisotopic (exact) mass is 305 g/mol. The van der Waals surface area contributed by atoms with Crippen LogP contribution in [0.2, 0.25) is 0 Å². The largest absolute Gasteiger partial charge is 0.493 e. The van der Waals surface area contributed by atoms with E-state index in [0.29, 0.717) is 11.5 Å². The smallest absolute Gasteiger partial charge is 0.162 e. The summed E-state index contributed by atoms with van der Waals surface area (Å²) in [4.78, 5) is 12.1. The van der Waals surface area contributed by atoms with Gasteiger partial charge in [0, 0.05) is 34.1 Å². The molecule has 0 aliphatic heterocycles. The number of rotatable bonds is 3. The Morgan fingerprint density at radius 3 is 2.52 bits per heavy atom. The lowest BCUT2D eigenvalue weighted by atomic mass is 10.1. The minimum atomic E-state index is 0.656. The number of nitrogens with zero attached hydrogens (tertiary/aromatic N) is 2. The fourth-order valence-electron chi connectivity index (χ4n) is 2.87. The van der Waals surface area contributed by atoms with Crippen molar-refractivity contribution in [3.05, 3.63) is 48.9 Å². The molecule has 0 fully saturated rings. The minimum absolute atomic E-state index is 0.656. The Morgan fingerprint density at radius 1 is 0.913 bits per heavy atom. The van der Waals surface area contributed by atoms with Crippen molar-refractivity contribution in [2.75, 3.05) is 14.2 Å². The topological polar surface area (TPSA) is 60.0 Å².